The number of piperidine rings is 1. The average Bonchev–Trinajstić information content (AvgIpc) is 2.63. The van der Waals surface area contributed by atoms with Gasteiger partial charge in [0.15, 0.2) is 0 Å². The summed E-state index contributed by atoms with van der Waals surface area (Å²) in [6.45, 7) is 7.82. The molecular formula is C23H31FN2O3. The van der Waals surface area contributed by atoms with Gasteiger partial charge >= 0.3 is 6.09 Å². The van der Waals surface area contributed by atoms with Crippen LogP contribution in [0.25, 0.3) is 0 Å². The number of nitrogens with zero attached hydrogens (tertiary/aromatic N) is 2. The smallest absolute Gasteiger partial charge is 0.410 e. The zero-order valence-corrected chi connectivity index (χ0v) is 17.7. The zero-order valence-electron chi connectivity index (χ0n) is 17.7. The molecule has 0 bridgehead atoms. The molecule has 2 aliphatic rings. The van der Waals surface area contributed by atoms with E-state index < -0.39 is 11.4 Å². The van der Waals surface area contributed by atoms with Crippen LogP contribution in [0.2, 0.25) is 0 Å². The van der Waals surface area contributed by atoms with Gasteiger partial charge in [0, 0.05) is 19.2 Å². The summed E-state index contributed by atoms with van der Waals surface area (Å²) in [6, 6.07) is 6.17. The van der Waals surface area contributed by atoms with Crippen LogP contribution in [0.4, 0.5) is 9.18 Å². The molecule has 1 aliphatic heterocycles. The van der Waals surface area contributed by atoms with Gasteiger partial charge in [-0.2, -0.15) is 5.26 Å². The van der Waals surface area contributed by atoms with Crippen LogP contribution in [-0.2, 0) is 4.74 Å². The number of likely N-dealkylation sites (tertiary alicyclic amines) is 1. The van der Waals surface area contributed by atoms with E-state index in [1.54, 1.807) is 6.07 Å². The quantitative estimate of drug-likeness (QED) is 0.628. The number of hydrogen-bond acceptors (Lipinski definition) is 4. The Hall–Kier alpha value is -2.29. The first kappa shape index (κ1) is 21.4. The molecule has 158 valence electrons. The van der Waals surface area contributed by atoms with Crippen molar-refractivity contribution in [3.8, 4) is 11.8 Å². The molecule has 1 aliphatic carbocycles. The summed E-state index contributed by atoms with van der Waals surface area (Å²) in [5.74, 6) is 0.647. The Balaban J connectivity index is 1.32. The standard InChI is InChI=1S/C23H31FN2O3/c1-22(2,3)29-21(27)26-10-8-23(9-11-26)14-17(15-23)5-4-12-28-19-7-6-18(16-25)20(24)13-19/h6-7,13,17H,4-5,8-12,14-15H2,1-3H3. The Morgan fingerprint density at radius 2 is 2.00 bits per heavy atom. The lowest BCUT2D eigenvalue weighted by atomic mass is 9.56. The molecule has 3 rings (SSSR count). The summed E-state index contributed by atoms with van der Waals surface area (Å²) in [7, 11) is 0. The fraction of sp³-hybridized carbons (Fsp3) is 0.652. The number of nitriles is 1. The number of halogens is 1. The summed E-state index contributed by atoms with van der Waals surface area (Å²) < 4.78 is 24.7. The minimum atomic E-state index is -0.538. The van der Waals surface area contributed by atoms with Crippen LogP contribution in [0, 0.1) is 28.5 Å². The third kappa shape index (κ3) is 5.62. The van der Waals surface area contributed by atoms with E-state index in [9.17, 15) is 9.18 Å². The molecule has 1 spiro atoms. The highest BCUT2D eigenvalue weighted by molar-refractivity contribution is 5.68. The van der Waals surface area contributed by atoms with Gasteiger partial charge in [0.2, 0.25) is 0 Å². The van der Waals surface area contributed by atoms with E-state index in [-0.39, 0.29) is 11.7 Å². The highest BCUT2D eigenvalue weighted by Gasteiger charge is 2.46. The number of carbonyl (C=O) groups excluding carboxylic acids is 1. The van der Waals surface area contributed by atoms with Gasteiger partial charge in [-0.25, -0.2) is 9.18 Å². The minimum Gasteiger partial charge on any atom is -0.493 e. The van der Waals surface area contributed by atoms with E-state index >= 15 is 0 Å². The molecule has 1 aromatic carbocycles. The number of hydrogen-bond donors (Lipinski definition) is 0. The zero-order chi connectivity index (χ0) is 21.1. The number of ether oxygens (including phenoxy) is 2. The van der Waals surface area contributed by atoms with Gasteiger partial charge in [0.25, 0.3) is 0 Å². The topological polar surface area (TPSA) is 62.6 Å². The summed E-state index contributed by atoms with van der Waals surface area (Å²) in [5.41, 5.74) is -0.00511. The monoisotopic (exact) mass is 402 g/mol. The summed E-state index contributed by atoms with van der Waals surface area (Å²) in [6.07, 6.45) is 6.41. The predicted octanol–water partition coefficient (Wildman–Crippen LogP) is 5.28. The maximum atomic E-state index is 13.6. The van der Waals surface area contributed by atoms with Crippen molar-refractivity contribution in [3.05, 3.63) is 29.6 Å². The summed E-state index contributed by atoms with van der Waals surface area (Å²) >= 11 is 0. The first-order chi connectivity index (χ1) is 13.7. The number of amides is 1. The SMILES string of the molecule is CC(C)(C)OC(=O)N1CCC2(CC1)CC(CCCOc1ccc(C#N)c(F)c1)C2. The van der Waals surface area contributed by atoms with E-state index in [1.165, 1.54) is 25.0 Å². The molecule has 1 saturated heterocycles. The lowest BCUT2D eigenvalue weighted by Gasteiger charge is -2.52. The molecule has 1 heterocycles. The first-order valence-electron chi connectivity index (χ1n) is 10.5. The molecule has 0 atom stereocenters. The molecule has 1 saturated carbocycles. The Bertz CT molecular complexity index is 765. The van der Waals surface area contributed by atoms with Crippen molar-refractivity contribution in [1.29, 1.82) is 5.26 Å². The van der Waals surface area contributed by atoms with Crippen molar-refractivity contribution in [1.82, 2.24) is 4.90 Å². The highest BCUT2D eigenvalue weighted by Crippen LogP contribution is 2.54. The van der Waals surface area contributed by atoms with E-state index in [4.69, 9.17) is 14.7 Å². The van der Waals surface area contributed by atoms with E-state index in [0.717, 1.165) is 38.8 Å². The van der Waals surface area contributed by atoms with Crippen LogP contribution >= 0.6 is 0 Å². The van der Waals surface area contributed by atoms with Crippen molar-refractivity contribution >= 4 is 6.09 Å². The molecule has 1 amide bonds. The number of rotatable bonds is 5. The van der Waals surface area contributed by atoms with Crippen molar-refractivity contribution in [2.24, 2.45) is 11.3 Å². The maximum Gasteiger partial charge on any atom is 0.410 e. The van der Waals surface area contributed by atoms with Gasteiger partial charge in [-0.15, -0.1) is 0 Å². The van der Waals surface area contributed by atoms with Crippen molar-refractivity contribution in [2.75, 3.05) is 19.7 Å². The number of carbonyl (C=O) groups is 1. The van der Waals surface area contributed by atoms with Crippen molar-refractivity contribution in [2.45, 2.75) is 64.9 Å². The van der Waals surface area contributed by atoms with E-state index in [2.05, 4.69) is 0 Å². The van der Waals surface area contributed by atoms with Crippen LogP contribution < -0.4 is 4.74 Å². The molecule has 0 N–H and O–H groups in total. The number of benzene rings is 1. The second-order valence-corrected chi connectivity index (χ2v) is 9.49. The lowest BCUT2D eigenvalue weighted by molar-refractivity contribution is -0.0300. The third-order valence-corrected chi connectivity index (χ3v) is 6.01. The summed E-state index contributed by atoms with van der Waals surface area (Å²) in [4.78, 5) is 14.0. The molecule has 29 heavy (non-hydrogen) atoms. The van der Waals surface area contributed by atoms with Crippen molar-refractivity contribution < 1.29 is 18.7 Å². The fourth-order valence-electron chi connectivity index (χ4n) is 4.51. The van der Waals surface area contributed by atoms with Gasteiger partial charge < -0.3 is 14.4 Å². The van der Waals surface area contributed by atoms with Crippen LogP contribution in [0.1, 0.15) is 64.9 Å². The van der Waals surface area contributed by atoms with E-state index in [0.29, 0.717) is 23.7 Å². The lowest BCUT2D eigenvalue weighted by Crippen LogP contribution is -2.49. The Kier molecular flexibility index (Phi) is 6.36. The molecule has 2 fully saturated rings. The van der Waals surface area contributed by atoms with Crippen LogP contribution in [-0.4, -0.2) is 36.3 Å². The van der Waals surface area contributed by atoms with Gasteiger partial charge in [0.05, 0.1) is 12.2 Å². The Labute approximate surface area is 172 Å². The molecule has 0 aromatic heterocycles. The molecule has 0 radical (unpaired) electrons. The van der Waals surface area contributed by atoms with Crippen LogP contribution in [0.5, 0.6) is 5.75 Å². The molecular weight excluding hydrogens is 371 g/mol. The summed E-state index contributed by atoms with van der Waals surface area (Å²) in [5, 5.41) is 8.75. The second kappa shape index (κ2) is 8.61. The van der Waals surface area contributed by atoms with Crippen molar-refractivity contribution in [3.63, 3.8) is 0 Å². The second-order valence-electron chi connectivity index (χ2n) is 9.49. The normalized spacial score (nSPS) is 18.8. The third-order valence-electron chi connectivity index (χ3n) is 6.01. The van der Waals surface area contributed by atoms with Crippen LogP contribution in [0.15, 0.2) is 18.2 Å². The fourth-order valence-corrected chi connectivity index (χ4v) is 4.51. The first-order valence-corrected chi connectivity index (χ1v) is 10.5. The molecule has 5 nitrogen and oxygen atoms in total. The minimum absolute atomic E-state index is 0.0369. The van der Waals surface area contributed by atoms with Gasteiger partial charge in [-0.1, -0.05) is 0 Å². The Morgan fingerprint density at radius 3 is 2.59 bits per heavy atom. The molecule has 1 aromatic rings. The molecule has 0 unspecified atom stereocenters. The van der Waals surface area contributed by atoms with Crippen LogP contribution in [0.3, 0.4) is 0 Å². The Morgan fingerprint density at radius 1 is 1.31 bits per heavy atom. The average molecular weight is 403 g/mol. The van der Waals surface area contributed by atoms with E-state index in [1.807, 2.05) is 31.7 Å². The highest BCUT2D eigenvalue weighted by atomic mass is 19.1. The van der Waals surface area contributed by atoms with Gasteiger partial charge in [-0.05, 0) is 82.8 Å². The largest absolute Gasteiger partial charge is 0.493 e. The van der Waals surface area contributed by atoms with Gasteiger partial charge in [-0.3, -0.25) is 0 Å². The maximum absolute atomic E-state index is 13.6. The van der Waals surface area contributed by atoms with Gasteiger partial charge in [0.1, 0.15) is 23.2 Å². The predicted molar refractivity (Wildman–Crippen MR) is 108 cm³/mol. The molecule has 6 heteroatoms.